The molecule has 2 aromatic rings. The summed E-state index contributed by atoms with van der Waals surface area (Å²) in [6, 6.07) is 7.47. The molecule has 1 aromatic carbocycles. The first-order valence-corrected chi connectivity index (χ1v) is 12.5. The summed E-state index contributed by atoms with van der Waals surface area (Å²) in [6.45, 7) is 4.43. The summed E-state index contributed by atoms with van der Waals surface area (Å²) in [5, 5.41) is 8.93. The number of amides is 1. The molecule has 0 unspecified atom stereocenters. The zero-order valence-electron chi connectivity index (χ0n) is 18.1. The first-order chi connectivity index (χ1) is 14.7. The van der Waals surface area contributed by atoms with Crippen molar-refractivity contribution in [1.82, 2.24) is 15.1 Å². The fourth-order valence-electron chi connectivity index (χ4n) is 6.73. The molecular weight excluding hydrogens is 478 g/mol. The van der Waals surface area contributed by atoms with Crippen LogP contribution in [0.5, 0.6) is 0 Å². The lowest BCUT2D eigenvalue weighted by Gasteiger charge is -2.60. The summed E-state index contributed by atoms with van der Waals surface area (Å²) in [4.78, 5) is 15.4. The Morgan fingerprint density at radius 1 is 1.23 bits per heavy atom. The molecule has 4 bridgehead atoms. The molecule has 4 saturated carbocycles. The van der Waals surface area contributed by atoms with Gasteiger partial charge in [-0.1, -0.05) is 39.7 Å². The summed E-state index contributed by atoms with van der Waals surface area (Å²) >= 11 is 10.3. The number of rotatable bonds is 6. The molecule has 1 amide bonds. The van der Waals surface area contributed by atoms with Gasteiger partial charge in [0.1, 0.15) is 0 Å². The third-order valence-electron chi connectivity index (χ3n) is 7.46. The Morgan fingerprint density at radius 3 is 2.58 bits per heavy atom. The molecule has 31 heavy (non-hydrogen) atoms. The monoisotopic (exact) mass is 505 g/mol. The molecule has 4 aliphatic rings. The average molecular weight is 507 g/mol. The van der Waals surface area contributed by atoms with Crippen LogP contribution in [0.2, 0.25) is 5.02 Å². The molecule has 4 fully saturated rings. The maximum absolute atomic E-state index is 13.5. The van der Waals surface area contributed by atoms with Crippen molar-refractivity contribution in [3.05, 3.63) is 35.2 Å². The van der Waals surface area contributed by atoms with Crippen LogP contribution in [-0.2, 0) is 11.3 Å². The minimum Gasteiger partial charge on any atom is -0.419 e. The van der Waals surface area contributed by atoms with Crippen molar-refractivity contribution < 1.29 is 9.21 Å². The first-order valence-electron chi connectivity index (χ1n) is 11.3. The molecule has 0 radical (unpaired) electrons. The van der Waals surface area contributed by atoms with Crippen molar-refractivity contribution in [3.8, 4) is 11.5 Å². The summed E-state index contributed by atoms with van der Waals surface area (Å²) in [5.41, 5.74) is 0.858. The third kappa shape index (κ3) is 4.18. The number of hydrogen-bond donors (Lipinski definition) is 0. The van der Waals surface area contributed by atoms with Crippen molar-refractivity contribution >= 4 is 33.4 Å². The van der Waals surface area contributed by atoms with Crippen molar-refractivity contribution in [3.63, 3.8) is 0 Å². The van der Waals surface area contributed by atoms with E-state index in [2.05, 4.69) is 40.0 Å². The standard InChI is InChI=1S/C24H29BrClN3O2/c1-15(2)29(13-20-27-28-22(31-20)18-5-3-4-6-19(18)26)21(30)12-23-8-16-7-17(9-23)11-24(25,10-16)14-23/h3-6,15-17H,7-14H2,1-2H3/t16-,17-,23?,24?/m0/s1. The highest BCUT2D eigenvalue weighted by Crippen LogP contribution is 2.65. The highest BCUT2D eigenvalue weighted by atomic mass is 79.9. The highest BCUT2D eigenvalue weighted by molar-refractivity contribution is 9.10. The van der Waals surface area contributed by atoms with E-state index in [9.17, 15) is 4.79 Å². The van der Waals surface area contributed by atoms with Crippen LogP contribution in [0, 0.1) is 17.3 Å². The number of benzene rings is 1. The topological polar surface area (TPSA) is 59.2 Å². The Hall–Kier alpha value is -1.40. The second kappa shape index (κ2) is 7.87. The normalized spacial score (nSPS) is 31.4. The van der Waals surface area contributed by atoms with Crippen molar-refractivity contribution in [2.24, 2.45) is 17.3 Å². The van der Waals surface area contributed by atoms with E-state index in [4.69, 9.17) is 16.0 Å². The molecule has 0 N–H and O–H groups in total. The maximum atomic E-state index is 13.5. The quantitative estimate of drug-likeness (QED) is 0.434. The third-order valence-corrected chi connectivity index (χ3v) is 8.71. The van der Waals surface area contributed by atoms with Gasteiger partial charge in [-0.25, -0.2) is 0 Å². The van der Waals surface area contributed by atoms with E-state index < -0.39 is 0 Å². The second-order valence-corrected chi connectivity index (χ2v) is 12.5. The summed E-state index contributed by atoms with van der Waals surface area (Å²) in [7, 11) is 0. The van der Waals surface area contributed by atoms with E-state index in [1.54, 1.807) is 6.07 Å². The minimum atomic E-state index is 0.0648. The molecule has 0 spiro atoms. The van der Waals surface area contributed by atoms with Gasteiger partial charge < -0.3 is 9.32 Å². The Balaban J connectivity index is 1.32. The maximum Gasteiger partial charge on any atom is 0.249 e. The number of halogens is 2. The van der Waals surface area contributed by atoms with Crippen LogP contribution in [0.4, 0.5) is 0 Å². The summed E-state index contributed by atoms with van der Waals surface area (Å²) < 4.78 is 6.14. The van der Waals surface area contributed by atoms with E-state index in [1.165, 1.54) is 32.1 Å². The molecule has 7 heteroatoms. The van der Waals surface area contributed by atoms with Crippen LogP contribution in [0.25, 0.3) is 11.5 Å². The molecule has 4 aliphatic carbocycles. The van der Waals surface area contributed by atoms with Gasteiger partial charge in [-0.05, 0) is 81.8 Å². The van der Waals surface area contributed by atoms with Gasteiger partial charge in [0.2, 0.25) is 17.7 Å². The van der Waals surface area contributed by atoms with Gasteiger partial charge in [-0.2, -0.15) is 0 Å². The van der Waals surface area contributed by atoms with Gasteiger partial charge >= 0.3 is 0 Å². The Labute approximate surface area is 197 Å². The lowest BCUT2D eigenvalue weighted by atomic mass is 9.48. The first kappa shape index (κ1) is 21.4. The van der Waals surface area contributed by atoms with Gasteiger partial charge in [-0.3, -0.25) is 4.79 Å². The van der Waals surface area contributed by atoms with Crippen LogP contribution in [0.15, 0.2) is 28.7 Å². The van der Waals surface area contributed by atoms with E-state index in [0.29, 0.717) is 35.3 Å². The number of carbonyl (C=O) groups excluding carboxylic acids is 1. The molecule has 5 nitrogen and oxygen atoms in total. The zero-order chi connectivity index (χ0) is 21.8. The van der Waals surface area contributed by atoms with Gasteiger partial charge in [0, 0.05) is 16.8 Å². The zero-order valence-corrected chi connectivity index (χ0v) is 20.5. The fraction of sp³-hybridized carbons (Fsp3) is 0.625. The van der Waals surface area contributed by atoms with Crippen LogP contribution >= 0.6 is 27.5 Å². The van der Waals surface area contributed by atoms with E-state index in [-0.39, 0.29) is 21.7 Å². The predicted molar refractivity (Wildman–Crippen MR) is 124 cm³/mol. The van der Waals surface area contributed by atoms with Crippen LogP contribution in [0.1, 0.15) is 64.7 Å². The molecular formula is C24H29BrClN3O2. The molecule has 0 aliphatic heterocycles. The number of carbonyl (C=O) groups is 1. The van der Waals surface area contributed by atoms with Gasteiger partial charge in [0.15, 0.2) is 0 Å². The minimum absolute atomic E-state index is 0.0648. The number of alkyl halides is 1. The van der Waals surface area contributed by atoms with Crippen LogP contribution in [0.3, 0.4) is 0 Å². The van der Waals surface area contributed by atoms with E-state index in [1.807, 2.05) is 23.1 Å². The summed E-state index contributed by atoms with van der Waals surface area (Å²) in [6.07, 6.45) is 8.06. The number of aromatic nitrogens is 2. The van der Waals surface area contributed by atoms with Gasteiger partial charge in [0.05, 0.1) is 17.1 Å². The summed E-state index contributed by atoms with van der Waals surface area (Å²) in [5.74, 6) is 2.58. The lowest BCUT2D eigenvalue weighted by Crippen LogP contribution is -2.54. The number of hydrogen-bond acceptors (Lipinski definition) is 4. The van der Waals surface area contributed by atoms with Crippen molar-refractivity contribution in [2.45, 2.75) is 75.7 Å². The van der Waals surface area contributed by atoms with Crippen molar-refractivity contribution in [2.75, 3.05) is 0 Å². The Kier molecular flexibility index (Phi) is 5.45. The van der Waals surface area contributed by atoms with Gasteiger partial charge in [0.25, 0.3) is 0 Å². The number of nitrogens with zero attached hydrogens (tertiary/aromatic N) is 3. The second-order valence-electron chi connectivity index (χ2n) is 10.4. The largest absolute Gasteiger partial charge is 0.419 e. The lowest BCUT2D eigenvalue weighted by molar-refractivity contribution is -0.141. The molecule has 1 aromatic heterocycles. The average Bonchev–Trinajstić information content (AvgIpc) is 3.12. The van der Waals surface area contributed by atoms with E-state index in [0.717, 1.165) is 18.3 Å². The highest BCUT2D eigenvalue weighted by Gasteiger charge is 2.57. The molecule has 6 rings (SSSR count). The molecule has 1 heterocycles. The van der Waals surface area contributed by atoms with Gasteiger partial charge in [-0.15, -0.1) is 10.2 Å². The fourth-order valence-corrected chi connectivity index (χ4v) is 8.46. The van der Waals surface area contributed by atoms with Crippen molar-refractivity contribution in [1.29, 1.82) is 0 Å². The molecule has 0 saturated heterocycles. The Bertz CT molecular complexity index is 977. The molecule has 2 atom stereocenters. The predicted octanol–water partition coefficient (Wildman–Crippen LogP) is 6.25. The smallest absolute Gasteiger partial charge is 0.249 e. The van der Waals surface area contributed by atoms with E-state index >= 15 is 0 Å². The van der Waals surface area contributed by atoms with Crippen LogP contribution < -0.4 is 0 Å². The van der Waals surface area contributed by atoms with Crippen LogP contribution in [-0.4, -0.2) is 31.4 Å². The SMILES string of the molecule is CC(C)N(Cc1nnc(-c2ccccc2Cl)o1)C(=O)CC12C[C@@H]3C[C@H](CC(Br)(C3)C1)C2. The Morgan fingerprint density at radius 2 is 1.94 bits per heavy atom. The molecule has 166 valence electrons.